The normalized spacial score (nSPS) is 24.9. The summed E-state index contributed by atoms with van der Waals surface area (Å²) in [6, 6.07) is 4.78. The van der Waals surface area contributed by atoms with Crippen LogP contribution in [-0.2, 0) is 4.74 Å². The molecule has 0 bridgehead atoms. The second kappa shape index (κ2) is 5.25. The molecule has 1 aliphatic rings. The number of rotatable bonds is 3. The molecule has 1 saturated heterocycles. The molecule has 2 rings (SSSR count). The maximum atomic E-state index is 13.0. The van der Waals surface area contributed by atoms with E-state index in [0.29, 0.717) is 5.92 Å². The lowest BCUT2D eigenvalue weighted by atomic mass is 9.95. The first kappa shape index (κ1) is 12.0. The summed E-state index contributed by atoms with van der Waals surface area (Å²) in [5.41, 5.74) is 1.04. The largest absolute Gasteiger partial charge is 0.373 e. The summed E-state index contributed by atoms with van der Waals surface area (Å²) in [4.78, 5) is 0. The second-order valence-electron chi connectivity index (χ2n) is 4.06. The van der Waals surface area contributed by atoms with E-state index in [0.717, 1.165) is 29.6 Å². The summed E-state index contributed by atoms with van der Waals surface area (Å²) in [7, 11) is 1.94. The zero-order chi connectivity index (χ0) is 11.5. The predicted octanol–water partition coefficient (Wildman–Crippen LogP) is 2.89. The smallest absolute Gasteiger partial charge is 0.124 e. The highest BCUT2D eigenvalue weighted by atomic mass is 79.9. The molecule has 0 radical (unpaired) electrons. The molecule has 4 heteroatoms. The van der Waals surface area contributed by atoms with Crippen molar-refractivity contribution in [2.45, 2.75) is 12.5 Å². The first-order valence-corrected chi connectivity index (χ1v) is 6.23. The highest BCUT2D eigenvalue weighted by Gasteiger charge is 2.30. The maximum absolute atomic E-state index is 13.0. The van der Waals surface area contributed by atoms with Gasteiger partial charge in [0.05, 0.1) is 6.10 Å². The fourth-order valence-corrected chi connectivity index (χ4v) is 2.76. The average molecular weight is 288 g/mol. The Labute approximate surface area is 103 Å². The van der Waals surface area contributed by atoms with E-state index in [4.69, 9.17) is 4.74 Å². The van der Waals surface area contributed by atoms with Gasteiger partial charge < -0.3 is 10.1 Å². The van der Waals surface area contributed by atoms with Crippen LogP contribution in [0.4, 0.5) is 4.39 Å². The van der Waals surface area contributed by atoms with Crippen LogP contribution < -0.4 is 5.32 Å². The van der Waals surface area contributed by atoms with E-state index in [2.05, 4.69) is 21.2 Å². The van der Waals surface area contributed by atoms with Crippen LogP contribution in [0, 0.1) is 11.7 Å². The number of hydrogen-bond acceptors (Lipinski definition) is 2. The molecule has 0 amide bonds. The summed E-state index contributed by atoms with van der Waals surface area (Å²) in [5, 5.41) is 3.17. The Morgan fingerprint density at radius 2 is 2.38 bits per heavy atom. The van der Waals surface area contributed by atoms with Crippen molar-refractivity contribution in [3.63, 3.8) is 0 Å². The van der Waals surface area contributed by atoms with Crippen LogP contribution in [0.5, 0.6) is 0 Å². The third-order valence-electron chi connectivity index (χ3n) is 2.95. The fraction of sp³-hybridized carbons (Fsp3) is 0.500. The van der Waals surface area contributed by atoms with Gasteiger partial charge in [-0.1, -0.05) is 22.0 Å². The maximum Gasteiger partial charge on any atom is 0.124 e. The van der Waals surface area contributed by atoms with Gasteiger partial charge in [0.25, 0.3) is 0 Å². The molecule has 0 aromatic heterocycles. The van der Waals surface area contributed by atoms with E-state index in [1.807, 2.05) is 7.05 Å². The standard InChI is InChI=1S/C12H15BrFNO/c1-15-7-8-4-5-16-12(8)10-3-2-9(14)6-11(10)13/h2-3,6,8,12,15H,4-5,7H2,1H3. The molecule has 1 aromatic carbocycles. The van der Waals surface area contributed by atoms with Crippen LogP contribution in [0.2, 0.25) is 0 Å². The third kappa shape index (κ3) is 2.44. The first-order chi connectivity index (χ1) is 7.72. The van der Waals surface area contributed by atoms with Crippen molar-refractivity contribution in [1.82, 2.24) is 5.32 Å². The van der Waals surface area contributed by atoms with Gasteiger partial charge in [0.15, 0.2) is 0 Å². The Morgan fingerprint density at radius 1 is 1.56 bits per heavy atom. The van der Waals surface area contributed by atoms with E-state index in [9.17, 15) is 4.39 Å². The van der Waals surface area contributed by atoms with Crippen LogP contribution in [-0.4, -0.2) is 20.2 Å². The Bertz CT molecular complexity index is 372. The Hall–Kier alpha value is -0.450. The number of hydrogen-bond donors (Lipinski definition) is 1. The lowest BCUT2D eigenvalue weighted by Gasteiger charge is -2.19. The predicted molar refractivity (Wildman–Crippen MR) is 64.8 cm³/mol. The number of nitrogens with one attached hydrogen (secondary N) is 1. The number of benzene rings is 1. The average Bonchev–Trinajstić information content (AvgIpc) is 2.67. The van der Waals surface area contributed by atoms with E-state index in [1.54, 1.807) is 6.07 Å². The SMILES string of the molecule is CNCC1CCOC1c1ccc(F)cc1Br. The van der Waals surface area contributed by atoms with Crippen molar-refractivity contribution in [3.05, 3.63) is 34.1 Å². The molecule has 1 fully saturated rings. The number of ether oxygens (including phenoxy) is 1. The van der Waals surface area contributed by atoms with Crippen molar-refractivity contribution in [2.24, 2.45) is 5.92 Å². The van der Waals surface area contributed by atoms with Crippen LogP contribution in [0.25, 0.3) is 0 Å². The lowest BCUT2D eigenvalue weighted by Crippen LogP contribution is -2.21. The molecule has 2 nitrogen and oxygen atoms in total. The molecule has 2 unspecified atom stereocenters. The molecule has 16 heavy (non-hydrogen) atoms. The Morgan fingerprint density at radius 3 is 3.06 bits per heavy atom. The topological polar surface area (TPSA) is 21.3 Å². The molecule has 2 atom stereocenters. The summed E-state index contributed by atoms with van der Waals surface area (Å²) < 4.78 is 19.5. The molecular weight excluding hydrogens is 273 g/mol. The van der Waals surface area contributed by atoms with E-state index in [-0.39, 0.29) is 11.9 Å². The fourth-order valence-electron chi connectivity index (χ4n) is 2.18. The molecular formula is C12H15BrFNO. The highest BCUT2D eigenvalue weighted by molar-refractivity contribution is 9.10. The van der Waals surface area contributed by atoms with Gasteiger partial charge in [-0.15, -0.1) is 0 Å². The van der Waals surface area contributed by atoms with Gasteiger partial charge in [-0.2, -0.15) is 0 Å². The third-order valence-corrected chi connectivity index (χ3v) is 3.64. The van der Waals surface area contributed by atoms with Gasteiger partial charge in [0.1, 0.15) is 5.82 Å². The lowest BCUT2D eigenvalue weighted by molar-refractivity contribution is 0.0903. The van der Waals surface area contributed by atoms with Crippen molar-refractivity contribution < 1.29 is 9.13 Å². The van der Waals surface area contributed by atoms with Crippen LogP contribution in [0.15, 0.2) is 22.7 Å². The molecule has 0 spiro atoms. The van der Waals surface area contributed by atoms with E-state index < -0.39 is 0 Å². The quantitative estimate of drug-likeness (QED) is 0.923. The summed E-state index contributed by atoms with van der Waals surface area (Å²) in [6.45, 7) is 1.70. The van der Waals surface area contributed by atoms with Crippen molar-refractivity contribution in [1.29, 1.82) is 0 Å². The minimum atomic E-state index is -0.223. The van der Waals surface area contributed by atoms with Crippen molar-refractivity contribution in [3.8, 4) is 0 Å². The first-order valence-electron chi connectivity index (χ1n) is 5.43. The highest BCUT2D eigenvalue weighted by Crippen LogP contribution is 2.37. The zero-order valence-corrected chi connectivity index (χ0v) is 10.8. The van der Waals surface area contributed by atoms with Gasteiger partial charge in [-0.25, -0.2) is 4.39 Å². The van der Waals surface area contributed by atoms with Crippen LogP contribution >= 0.6 is 15.9 Å². The Kier molecular flexibility index (Phi) is 3.95. The minimum absolute atomic E-state index is 0.0717. The van der Waals surface area contributed by atoms with Gasteiger partial charge in [0.2, 0.25) is 0 Å². The van der Waals surface area contributed by atoms with E-state index >= 15 is 0 Å². The summed E-state index contributed by atoms with van der Waals surface area (Å²) in [5.74, 6) is 0.241. The van der Waals surface area contributed by atoms with Crippen molar-refractivity contribution in [2.75, 3.05) is 20.2 Å². The van der Waals surface area contributed by atoms with Gasteiger partial charge in [0, 0.05) is 23.5 Å². The van der Waals surface area contributed by atoms with Gasteiger partial charge >= 0.3 is 0 Å². The number of halogens is 2. The Balaban J connectivity index is 2.22. The second-order valence-corrected chi connectivity index (χ2v) is 4.92. The molecule has 1 aromatic rings. The zero-order valence-electron chi connectivity index (χ0n) is 9.17. The summed E-state index contributed by atoms with van der Waals surface area (Å²) in [6.07, 6.45) is 1.12. The minimum Gasteiger partial charge on any atom is -0.373 e. The molecule has 0 aliphatic carbocycles. The molecule has 1 heterocycles. The monoisotopic (exact) mass is 287 g/mol. The van der Waals surface area contributed by atoms with Crippen LogP contribution in [0.3, 0.4) is 0 Å². The molecule has 1 N–H and O–H groups in total. The van der Waals surface area contributed by atoms with Crippen molar-refractivity contribution >= 4 is 15.9 Å². The summed E-state index contributed by atoms with van der Waals surface area (Å²) >= 11 is 3.40. The van der Waals surface area contributed by atoms with Gasteiger partial charge in [-0.05, 0) is 31.2 Å². The molecule has 0 saturated carbocycles. The van der Waals surface area contributed by atoms with Crippen LogP contribution in [0.1, 0.15) is 18.1 Å². The van der Waals surface area contributed by atoms with Gasteiger partial charge in [-0.3, -0.25) is 0 Å². The molecule has 1 aliphatic heterocycles. The molecule has 88 valence electrons. The van der Waals surface area contributed by atoms with E-state index in [1.165, 1.54) is 12.1 Å².